The molecule has 3 nitrogen and oxygen atoms in total. The van der Waals surface area contributed by atoms with E-state index in [0.29, 0.717) is 6.10 Å². The summed E-state index contributed by atoms with van der Waals surface area (Å²) in [5, 5.41) is 1.13. The Hall–Kier alpha value is -1.13. The average molecular weight is 248 g/mol. The summed E-state index contributed by atoms with van der Waals surface area (Å²) in [6.45, 7) is 4.91. The second-order valence-electron chi connectivity index (χ2n) is 4.31. The number of hydrogen-bond acceptors (Lipinski definition) is 4. The van der Waals surface area contributed by atoms with Gasteiger partial charge in [-0.25, -0.2) is 4.98 Å². The zero-order valence-electron chi connectivity index (χ0n) is 9.93. The molecule has 0 amide bonds. The molecule has 1 aliphatic heterocycles. The molecule has 0 bridgehead atoms. The van der Waals surface area contributed by atoms with Crippen LogP contribution in [0.1, 0.15) is 13.3 Å². The van der Waals surface area contributed by atoms with Gasteiger partial charge in [0.25, 0.3) is 0 Å². The maximum absolute atomic E-state index is 5.69. The molecule has 17 heavy (non-hydrogen) atoms. The fraction of sp³-hybridized carbons (Fsp3) is 0.462. The molecule has 2 heterocycles. The van der Waals surface area contributed by atoms with Crippen molar-refractivity contribution < 1.29 is 4.74 Å². The summed E-state index contributed by atoms with van der Waals surface area (Å²) in [6, 6.07) is 8.32. The standard InChI is InChI=1S/C13H16N2OS/c1-2-10-9-15(7-8-16-10)13-14-11-5-3-4-6-12(11)17-13/h3-6,10H,2,7-9H2,1H3. The van der Waals surface area contributed by atoms with Gasteiger partial charge in [0.2, 0.25) is 0 Å². The molecule has 0 spiro atoms. The van der Waals surface area contributed by atoms with Crippen molar-refractivity contribution >= 4 is 26.7 Å². The minimum Gasteiger partial charge on any atom is -0.375 e. The van der Waals surface area contributed by atoms with Gasteiger partial charge in [0.15, 0.2) is 5.13 Å². The van der Waals surface area contributed by atoms with Crippen LogP contribution in [0.25, 0.3) is 10.2 Å². The third-order valence-corrected chi connectivity index (χ3v) is 4.24. The van der Waals surface area contributed by atoms with E-state index in [1.54, 1.807) is 11.3 Å². The summed E-state index contributed by atoms with van der Waals surface area (Å²) in [5.41, 5.74) is 1.10. The Morgan fingerprint density at radius 2 is 2.35 bits per heavy atom. The van der Waals surface area contributed by atoms with Gasteiger partial charge in [-0.05, 0) is 18.6 Å². The second-order valence-corrected chi connectivity index (χ2v) is 5.32. The van der Waals surface area contributed by atoms with Gasteiger partial charge in [0.1, 0.15) is 0 Å². The van der Waals surface area contributed by atoms with Crippen molar-refractivity contribution in [2.45, 2.75) is 19.4 Å². The molecule has 1 fully saturated rings. The maximum atomic E-state index is 5.69. The molecular formula is C13H16N2OS. The van der Waals surface area contributed by atoms with Gasteiger partial charge < -0.3 is 9.64 Å². The van der Waals surface area contributed by atoms with E-state index < -0.39 is 0 Å². The van der Waals surface area contributed by atoms with Crippen LogP contribution in [0.2, 0.25) is 0 Å². The first kappa shape index (κ1) is 11.0. The summed E-state index contributed by atoms with van der Waals surface area (Å²) in [5.74, 6) is 0. The summed E-state index contributed by atoms with van der Waals surface area (Å²) in [6.07, 6.45) is 1.43. The number of aromatic nitrogens is 1. The van der Waals surface area contributed by atoms with E-state index in [4.69, 9.17) is 9.72 Å². The van der Waals surface area contributed by atoms with E-state index in [0.717, 1.165) is 36.8 Å². The quantitative estimate of drug-likeness (QED) is 0.817. The largest absolute Gasteiger partial charge is 0.375 e. The first-order valence-electron chi connectivity index (χ1n) is 6.09. The number of hydrogen-bond donors (Lipinski definition) is 0. The zero-order valence-corrected chi connectivity index (χ0v) is 10.7. The Morgan fingerprint density at radius 1 is 1.47 bits per heavy atom. The third kappa shape index (κ3) is 2.15. The Balaban J connectivity index is 1.87. The predicted molar refractivity (Wildman–Crippen MR) is 71.9 cm³/mol. The fourth-order valence-electron chi connectivity index (χ4n) is 2.14. The fourth-order valence-corrected chi connectivity index (χ4v) is 3.14. The van der Waals surface area contributed by atoms with Crippen molar-refractivity contribution in [3.8, 4) is 0 Å². The number of thiazole rings is 1. The molecule has 3 rings (SSSR count). The Bertz CT molecular complexity index is 478. The van der Waals surface area contributed by atoms with E-state index in [2.05, 4.69) is 30.0 Å². The summed E-state index contributed by atoms with van der Waals surface area (Å²) < 4.78 is 6.95. The Morgan fingerprint density at radius 3 is 3.18 bits per heavy atom. The van der Waals surface area contributed by atoms with Crippen LogP contribution < -0.4 is 4.90 Å². The Labute approximate surface area is 105 Å². The lowest BCUT2D eigenvalue weighted by atomic mass is 10.2. The SMILES string of the molecule is CCC1CN(c2nc3ccccc3s2)CCO1. The molecule has 1 aromatic carbocycles. The highest BCUT2D eigenvalue weighted by Gasteiger charge is 2.21. The summed E-state index contributed by atoms with van der Waals surface area (Å²) in [4.78, 5) is 7.04. The molecule has 0 N–H and O–H groups in total. The molecule has 90 valence electrons. The van der Waals surface area contributed by atoms with Gasteiger partial charge in [-0.15, -0.1) is 0 Å². The average Bonchev–Trinajstić information content (AvgIpc) is 2.82. The first-order valence-corrected chi connectivity index (χ1v) is 6.90. The normalized spacial score (nSPS) is 21.0. The molecule has 2 aromatic rings. The number of benzene rings is 1. The molecule has 0 radical (unpaired) electrons. The van der Waals surface area contributed by atoms with E-state index in [-0.39, 0.29) is 0 Å². The van der Waals surface area contributed by atoms with Crippen molar-refractivity contribution in [1.29, 1.82) is 0 Å². The molecule has 1 aromatic heterocycles. The lowest BCUT2D eigenvalue weighted by molar-refractivity contribution is 0.0384. The van der Waals surface area contributed by atoms with E-state index in [1.807, 2.05) is 6.07 Å². The van der Waals surface area contributed by atoms with Crippen molar-refractivity contribution in [3.05, 3.63) is 24.3 Å². The predicted octanol–water partition coefficient (Wildman–Crippen LogP) is 2.91. The number of para-hydroxylation sites is 1. The highest BCUT2D eigenvalue weighted by Crippen LogP contribution is 2.29. The number of nitrogens with zero attached hydrogens (tertiary/aromatic N) is 2. The number of fused-ring (bicyclic) bond motifs is 1. The molecule has 4 heteroatoms. The number of morpholine rings is 1. The highest BCUT2D eigenvalue weighted by atomic mass is 32.1. The smallest absolute Gasteiger partial charge is 0.186 e. The van der Waals surface area contributed by atoms with Crippen LogP contribution in [0.5, 0.6) is 0 Å². The van der Waals surface area contributed by atoms with E-state index in [1.165, 1.54) is 4.70 Å². The first-order chi connectivity index (χ1) is 8.36. The van der Waals surface area contributed by atoms with Gasteiger partial charge in [0, 0.05) is 13.1 Å². The lowest BCUT2D eigenvalue weighted by Gasteiger charge is -2.32. The van der Waals surface area contributed by atoms with Crippen LogP contribution in [-0.4, -0.2) is 30.8 Å². The zero-order chi connectivity index (χ0) is 11.7. The van der Waals surface area contributed by atoms with Crippen molar-refractivity contribution in [2.75, 3.05) is 24.6 Å². The van der Waals surface area contributed by atoms with Gasteiger partial charge in [-0.2, -0.15) is 0 Å². The maximum Gasteiger partial charge on any atom is 0.186 e. The molecule has 0 aliphatic carbocycles. The lowest BCUT2D eigenvalue weighted by Crippen LogP contribution is -2.42. The van der Waals surface area contributed by atoms with Crippen molar-refractivity contribution in [2.24, 2.45) is 0 Å². The molecular weight excluding hydrogens is 232 g/mol. The van der Waals surface area contributed by atoms with Crippen LogP contribution in [-0.2, 0) is 4.74 Å². The van der Waals surface area contributed by atoms with Crippen LogP contribution in [0.3, 0.4) is 0 Å². The monoisotopic (exact) mass is 248 g/mol. The number of anilines is 1. The topological polar surface area (TPSA) is 25.4 Å². The van der Waals surface area contributed by atoms with Crippen molar-refractivity contribution in [1.82, 2.24) is 4.98 Å². The number of ether oxygens (including phenoxy) is 1. The molecule has 1 saturated heterocycles. The van der Waals surface area contributed by atoms with E-state index in [9.17, 15) is 0 Å². The molecule has 1 atom stereocenters. The van der Waals surface area contributed by atoms with Gasteiger partial charge >= 0.3 is 0 Å². The Kier molecular flexibility index (Phi) is 2.99. The number of rotatable bonds is 2. The van der Waals surface area contributed by atoms with Crippen molar-refractivity contribution in [3.63, 3.8) is 0 Å². The minimum atomic E-state index is 0.357. The molecule has 0 saturated carbocycles. The highest BCUT2D eigenvalue weighted by molar-refractivity contribution is 7.22. The van der Waals surface area contributed by atoms with Crippen LogP contribution in [0.4, 0.5) is 5.13 Å². The summed E-state index contributed by atoms with van der Waals surface area (Å²) in [7, 11) is 0. The van der Waals surface area contributed by atoms with Gasteiger partial charge in [-0.3, -0.25) is 0 Å². The van der Waals surface area contributed by atoms with Crippen LogP contribution >= 0.6 is 11.3 Å². The van der Waals surface area contributed by atoms with Crippen LogP contribution in [0.15, 0.2) is 24.3 Å². The molecule has 1 aliphatic rings. The summed E-state index contributed by atoms with van der Waals surface area (Å²) >= 11 is 1.78. The second kappa shape index (κ2) is 4.63. The third-order valence-electron chi connectivity index (χ3n) is 3.15. The van der Waals surface area contributed by atoms with E-state index >= 15 is 0 Å². The van der Waals surface area contributed by atoms with Crippen LogP contribution in [0, 0.1) is 0 Å². The van der Waals surface area contributed by atoms with Gasteiger partial charge in [-0.1, -0.05) is 30.4 Å². The minimum absolute atomic E-state index is 0.357. The van der Waals surface area contributed by atoms with Gasteiger partial charge in [0.05, 0.1) is 22.9 Å². The molecule has 1 unspecified atom stereocenters.